The molecule has 4 heteroatoms. The Kier molecular flexibility index (Phi) is 5.13. The van der Waals surface area contributed by atoms with Crippen molar-refractivity contribution in [3.63, 3.8) is 0 Å². The standard InChI is InChI=1S/C19H24N2O2/c1-15-4-6-16(7-5-15)14-21-10-8-17(9-11-21)19(22)20-13-18-3-2-12-23-18/h2-7,12,17H,8-11,13-14H2,1H3,(H,20,22). The fraction of sp³-hybridized carbons (Fsp3) is 0.421. The Bertz CT molecular complexity index is 611. The van der Waals surface area contributed by atoms with E-state index in [0.717, 1.165) is 38.2 Å². The third-order valence-corrected chi connectivity index (χ3v) is 4.50. The second-order valence-electron chi connectivity index (χ2n) is 6.33. The van der Waals surface area contributed by atoms with Crippen LogP contribution < -0.4 is 5.32 Å². The molecule has 1 aliphatic rings. The zero-order valence-electron chi connectivity index (χ0n) is 13.6. The number of hydrogen-bond donors (Lipinski definition) is 1. The molecule has 0 atom stereocenters. The number of piperidine rings is 1. The van der Waals surface area contributed by atoms with Gasteiger partial charge in [-0.3, -0.25) is 9.69 Å². The summed E-state index contributed by atoms with van der Waals surface area (Å²) in [5.41, 5.74) is 2.64. The maximum atomic E-state index is 12.2. The minimum absolute atomic E-state index is 0.124. The first-order valence-electron chi connectivity index (χ1n) is 8.29. The van der Waals surface area contributed by atoms with Crippen molar-refractivity contribution in [3.05, 3.63) is 59.5 Å². The molecule has 0 unspecified atom stereocenters. The van der Waals surface area contributed by atoms with Crippen LogP contribution in [0.15, 0.2) is 47.1 Å². The summed E-state index contributed by atoms with van der Waals surface area (Å²) in [4.78, 5) is 14.7. The van der Waals surface area contributed by atoms with Gasteiger partial charge < -0.3 is 9.73 Å². The zero-order chi connectivity index (χ0) is 16.1. The molecule has 0 bridgehead atoms. The summed E-state index contributed by atoms with van der Waals surface area (Å²) >= 11 is 0. The highest BCUT2D eigenvalue weighted by Gasteiger charge is 2.24. The maximum Gasteiger partial charge on any atom is 0.223 e. The number of nitrogens with one attached hydrogen (secondary N) is 1. The molecule has 2 aromatic rings. The Morgan fingerprint density at radius 2 is 1.96 bits per heavy atom. The van der Waals surface area contributed by atoms with Crippen molar-refractivity contribution >= 4 is 5.91 Å². The first-order chi connectivity index (χ1) is 11.2. The highest BCUT2D eigenvalue weighted by molar-refractivity contribution is 5.78. The van der Waals surface area contributed by atoms with Gasteiger partial charge in [0.2, 0.25) is 5.91 Å². The van der Waals surface area contributed by atoms with Crippen molar-refractivity contribution in [1.82, 2.24) is 10.2 Å². The third-order valence-electron chi connectivity index (χ3n) is 4.50. The van der Waals surface area contributed by atoms with E-state index in [-0.39, 0.29) is 11.8 Å². The van der Waals surface area contributed by atoms with Crippen molar-refractivity contribution in [2.24, 2.45) is 5.92 Å². The highest BCUT2D eigenvalue weighted by Crippen LogP contribution is 2.19. The molecule has 23 heavy (non-hydrogen) atoms. The van der Waals surface area contributed by atoms with E-state index in [1.54, 1.807) is 6.26 Å². The van der Waals surface area contributed by atoms with Gasteiger partial charge >= 0.3 is 0 Å². The smallest absolute Gasteiger partial charge is 0.223 e. The first kappa shape index (κ1) is 15.8. The Balaban J connectivity index is 1.42. The third kappa shape index (κ3) is 4.45. The molecule has 4 nitrogen and oxygen atoms in total. The maximum absolute atomic E-state index is 12.2. The van der Waals surface area contributed by atoms with Gasteiger partial charge in [-0.1, -0.05) is 29.8 Å². The number of likely N-dealkylation sites (tertiary alicyclic amines) is 1. The van der Waals surface area contributed by atoms with Crippen LogP contribution in [-0.4, -0.2) is 23.9 Å². The minimum Gasteiger partial charge on any atom is -0.467 e. The van der Waals surface area contributed by atoms with Crippen LogP contribution >= 0.6 is 0 Å². The van der Waals surface area contributed by atoms with Gasteiger partial charge in [-0.05, 0) is 50.6 Å². The van der Waals surface area contributed by atoms with Crippen LogP contribution in [0.5, 0.6) is 0 Å². The monoisotopic (exact) mass is 312 g/mol. The highest BCUT2D eigenvalue weighted by atomic mass is 16.3. The Hall–Kier alpha value is -2.07. The summed E-state index contributed by atoms with van der Waals surface area (Å²) in [6.07, 6.45) is 3.48. The molecule has 1 saturated heterocycles. The Morgan fingerprint density at radius 3 is 2.61 bits per heavy atom. The van der Waals surface area contributed by atoms with E-state index in [1.807, 2.05) is 12.1 Å². The molecule has 3 rings (SSSR count). The van der Waals surface area contributed by atoms with Crippen LogP contribution in [0.2, 0.25) is 0 Å². The minimum atomic E-state index is 0.124. The van der Waals surface area contributed by atoms with Crippen LogP contribution in [0.1, 0.15) is 29.7 Å². The molecule has 0 aliphatic carbocycles. The average Bonchev–Trinajstić information content (AvgIpc) is 3.09. The molecule has 0 spiro atoms. The molecule has 1 N–H and O–H groups in total. The van der Waals surface area contributed by atoms with Gasteiger partial charge in [0.15, 0.2) is 0 Å². The van der Waals surface area contributed by atoms with Crippen molar-refractivity contribution in [2.75, 3.05) is 13.1 Å². The van der Waals surface area contributed by atoms with Crippen molar-refractivity contribution in [3.8, 4) is 0 Å². The van der Waals surface area contributed by atoms with Crippen molar-refractivity contribution in [1.29, 1.82) is 0 Å². The predicted molar refractivity (Wildman–Crippen MR) is 89.7 cm³/mol. The molecule has 0 radical (unpaired) electrons. The SMILES string of the molecule is Cc1ccc(CN2CCC(C(=O)NCc3ccco3)CC2)cc1. The summed E-state index contributed by atoms with van der Waals surface area (Å²) in [6, 6.07) is 12.4. The molecule has 0 saturated carbocycles. The number of aryl methyl sites for hydroxylation is 1. The molecule has 1 fully saturated rings. The van der Waals surface area contributed by atoms with Crippen LogP contribution in [0.25, 0.3) is 0 Å². The van der Waals surface area contributed by atoms with Crippen LogP contribution in [-0.2, 0) is 17.9 Å². The van der Waals surface area contributed by atoms with Crippen LogP contribution in [0.3, 0.4) is 0 Å². The number of nitrogens with zero attached hydrogens (tertiary/aromatic N) is 1. The van der Waals surface area contributed by atoms with Crippen LogP contribution in [0.4, 0.5) is 0 Å². The molecule has 1 aromatic heterocycles. The summed E-state index contributed by atoms with van der Waals surface area (Å²) in [7, 11) is 0. The van der Waals surface area contributed by atoms with E-state index >= 15 is 0 Å². The zero-order valence-corrected chi connectivity index (χ0v) is 13.6. The summed E-state index contributed by atoms with van der Waals surface area (Å²) in [6.45, 7) is 5.52. The summed E-state index contributed by atoms with van der Waals surface area (Å²) < 4.78 is 5.24. The van der Waals surface area contributed by atoms with Gasteiger partial charge in [0, 0.05) is 12.5 Å². The van der Waals surface area contributed by atoms with Gasteiger partial charge in [0.25, 0.3) is 0 Å². The van der Waals surface area contributed by atoms with E-state index < -0.39 is 0 Å². The molecule has 122 valence electrons. The lowest BCUT2D eigenvalue weighted by Crippen LogP contribution is -2.40. The van der Waals surface area contributed by atoms with E-state index in [1.165, 1.54) is 11.1 Å². The molecular formula is C19H24N2O2. The fourth-order valence-corrected chi connectivity index (χ4v) is 3.04. The lowest BCUT2D eigenvalue weighted by molar-refractivity contribution is -0.126. The number of furan rings is 1. The summed E-state index contributed by atoms with van der Waals surface area (Å²) in [5.74, 6) is 1.07. The van der Waals surface area contributed by atoms with E-state index in [4.69, 9.17) is 4.42 Å². The topological polar surface area (TPSA) is 45.5 Å². The van der Waals surface area contributed by atoms with Crippen molar-refractivity contribution in [2.45, 2.75) is 32.9 Å². The lowest BCUT2D eigenvalue weighted by Gasteiger charge is -2.31. The predicted octanol–water partition coefficient (Wildman–Crippen LogP) is 3.12. The van der Waals surface area contributed by atoms with E-state index in [0.29, 0.717) is 6.54 Å². The Labute approximate surface area is 137 Å². The normalized spacial score (nSPS) is 16.4. The first-order valence-corrected chi connectivity index (χ1v) is 8.29. The Morgan fingerprint density at radius 1 is 1.22 bits per heavy atom. The number of amides is 1. The molecular weight excluding hydrogens is 288 g/mol. The van der Waals surface area contributed by atoms with Gasteiger partial charge in [-0.25, -0.2) is 0 Å². The van der Waals surface area contributed by atoms with E-state index in [2.05, 4.69) is 41.4 Å². The molecule has 2 heterocycles. The number of carbonyl (C=O) groups is 1. The number of hydrogen-bond acceptors (Lipinski definition) is 3. The van der Waals surface area contributed by atoms with Gasteiger partial charge in [0.1, 0.15) is 5.76 Å². The largest absolute Gasteiger partial charge is 0.467 e. The second-order valence-corrected chi connectivity index (χ2v) is 6.33. The van der Waals surface area contributed by atoms with Gasteiger partial charge in [0.05, 0.1) is 12.8 Å². The second kappa shape index (κ2) is 7.47. The number of benzene rings is 1. The number of rotatable bonds is 5. The molecule has 1 aliphatic heterocycles. The number of carbonyl (C=O) groups excluding carboxylic acids is 1. The van der Waals surface area contributed by atoms with Crippen LogP contribution in [0, 0.1) is 12.8 Å². The van der Waals surface area contributed by atoms with Gasteiger partial charge in [-0.15, -0.1) is 0 Å². The quantitative estimate of drug-likeness (QED) is 0.922. The van der Waals surface area contributed by atoms with E-state index in [9.17, 15) is 4.79 Å². The average molecular weight is 312 g/mol. The fourth-order valence-electron chi connectivity index (χ4n) is 3.04. The molecule has 1 aromatic carbocycles. The van der Waals surface area contributed by atoms with Crippen molar-refractivity contribution < 1.29 is 9.21 Å². The summed E-state index contributed by atoms with van der Waals surface area (Å²) in [5, 5.41) is 2.97. The van der Waals surface area contributed by atoms with Gasteiger partial charge in [-0.2, -0.15) is 0 Å². The lowest BCUT2D eigenvalue weighted by atomic mass is 9.95. The molecule has 1 amide bonds.